The molecule has 170 valence electrons. The van der Waals surface area contributed by atoms with Crippen LogP contribution in [-0.2, 0) is 4.74 Å². The standard InChI is InChI=1S/C24H28N8O/c1-16-22(26-19-8-4-3-7-18(19)25-16)23-28-24-27-20(31-11-5-6-12-31)15-21(32(24)29-23)30(2)17-9-13-33-14-10-17/h3-4,7-8,15,17H,5-6,9-14H2,1-2H3. The maximum absolute atomic E-state index is 5.59. The number of anilines is 2. The summed E-state index contributed by atoms with van der Waals surface area (Å²) in [5.74, 6) is 3.12. The van der Waals surface area contributed by atoms with E-state index in [-0.39, 0.29) is 0 Å². The number of ether oxygens (including phenoxy) is 1. The number of hydrogen-bond donors (Lipinski definition) is 0. The van der Waals surface area contributed by atoms with Crippen LogP contribution in [0.4, 0.5) is 11.6 Å². The molecule has 5 heterocycles. The van der Waals surface area contributed by atoms with Gasteiger partial charge < -0.3 is 14.5 Å². The van der Waals surface area contributed by atoms with Crippen molar-refractivity contribution in [2.75, 3.05) is 43.2 Å². The molecule has 3 aromatic heterocycles. The fourth-order valence-corrected chi connectivity index (χ4v) is 4.86. The minimum absolute atomic E-state index is 0.394. The summed E-state index contributed by atoms with van der Waals surface area (Å²) in [5, 5.41) is 4.88. The molecule has 2 aliphatic heterocycles. The van der Waals surface area contributed by atoms with Crippen LogP contribution in [0.3, 0.4) is 0 Å². The van der Waals surface area contributed by atoms with Crippen LogP contribution in [0.15, 0.2) is 30.3 Å². The number of nitrogens with zero attached hydrogens (tertiary/aromatic N) is 8. The third kappa shape index (κ3) is 3.66. The van der Waals surface area contributed by atoms with Crippen molar-refractivity contribution in [2.24, 2.45) is 0 Å². The minimum Gasteiger partial charge on any atom is -0.381 e. The summed E-state index contributed by atoms with van der Waals surface area (Å²) in [6.07, 6.45) is 4.38. The average Bonchev–Trinajstić information content (AvgIpc) is 3.53. The second-order valence-corrected chi connectivity index (χ2v) is 8.91. The Morgan fingerprint density at radius 3 is 2.45 bits per heavy atom. The fraction of sp³-hybridized carbons (Fsp3) is 0.458. The van der Waals surface area contributed by atoms with Gasteiger partial charge in [0.1, 0.15) is 17.3 Å². The molecule has 0 atom stereocenters. The van der Waals surface area contributed by atoms with Gasteiger partial charge in [0.25, 0.3) is 5.78 Å². The predicted molar refractivity (Wildman–Crippen MR) is 128 cm³/mol. The van der Waals surface area contributed by atoms with Gasteiger partial charge in [-0.15, -0.1) is 5.10 Å². The minimum atomic E-state index is 0.394. The molecule has 2 aliphatic rings. The Morgan fingerprint density at radius 1 is 0.970 bits per heavy atom. The zero-order chi connectivity index (χ0) is 22.4. The summed E-state index contributed by atoms with van der Waals surface area (Å²) in [5.41, 5.74) is 3.21. The van der Waals surface area contributed by atoms with Crippen LogP contribution in [0.2, 0.25) is 0 Å². The van der Waals surface area contributed by atoms with Gasteiger partial charge in [0.05, 0.1) is 16.7 Å². The molecule has 0 saturated carbocycles. The Hall–Kier alpha value is -3.33. The first kappa shape index (κ1) is 20.3. The lowest BCUT2D eigenvalue weighted by Gasteiger charge is -2.33. The number of rotatable bonds is 4. The highest BCUT2D eigenvalue weighted by molar-refractivity contribution is 5.77. The van der Waals surface area contributed by atoms with Crippen LogP contribution in [-0.4, -0.2) is 68.9 Å². The molecule has 1 aromatic carbocycles. The molecule has 0 amide bonds. The first-order valence-corrected chi connectivity index (χ1v) is 11.7. The predicted octanol–water partition coefficient (Wildman–Crippen LogP) is 3.26. The SMILES string of the molecule is Cc1nc2ccccc2nc1-c1nc2nc(N3CCCC3)cc(N(C)C3CCOCC3)n2n1. The second kappa shape index (κ2) is 8.22. The Labute approximate surface area is 192 Å². The van der Waals surface area contributed by atoms with Gasteiger partial charge in [-0.25, -0.2) is 9.97 Å². The zero-order valence-corrected chi connectivity index (χ0v) is 19.1. The van der Waals surface area contributed by atoms with Crippen LogP contribution >= 0.6 is 0 Å². The van der Waals surface area contributed by atoms with Gasteiger partial charge >= 0.3 is 0 Å². The Kier molecular flexibility index (Phi) is 5.05. The average molecular weight is 445 g/mol. The maximum atomic E-state index is 5.59. The maximum Gasteiger partial charge on any atom is 0.256 e. The molecule has 6 rings (SSSR count). The Balaban J connectivity index is 1.49. The number of aromatic nitrogens is 6. The monoisotopic (exact) mass is 444 g/mol. The Morgan fingerprint density at radius 2 is 1.70 bits per heavy atom. The topological polar surface area (TPSA) is 84.6 Å². The van der Waals surface area contributed by atoms with Crippen LogP contribution in [0, 0.1) is 6.92 Å². The Bertz CT molecular complexity index is 1310. The van der Waals surface area contributed by atoms with E-state index < -0.39 is 0 Å². The van der Waals surface area contributed by atoms with Crippen molar-refractivity contribution in [3.63, 3.8) is 0 Å². The molecule has 33 heavy (non-hydrogen) atoms. The summed E-state index contributed by atoms with van der Waals surface area (Å²) in [6, 6.07) is 10.4. The van der Waals surface area contributed by atoms with Crippen molar-refractivity contribution < 1.29 is 4.74 Å². The van der Waals surface area contributed by atoms with E-state index in [0.717, 1.165) is 67.5 Å². The molecule has 4 aromatic rings. The van der Waals surface area contributed by atoms with E-state index in [9.17, 15) is 0 Å². The van der Waals surface area contributed by atoms with E-state index in [1.807, 2.05) is 35.7 Å². The molecule has 2 saturated heterocycles. The highest BCUT2D eigenvalue weighted by Crippen LogP contribution is 2.29. The van der Waals surface area contributed by atoms with Crippen molar-refractivity contribution >= 4 is 28.4 Å². The molecule has 9 heteroatoms. The van der Waals surface area contributed by atoms with E-state index in [1.165, 1.54) is 12.8 Å². The van der Waals surface area contributed by atoms with Gasteiger partial charge in [0, 0.05) is 45.5 Å². The van der Waals surface area contributed by atoms with Gasteiger partial charge in [0.2, 0.25) is 5.82 Å². The smallest absolute Gasteiger partial charge is 0.256 e. The highest BCUT2D eigenvalue weighted by atomic mass is 16.5. The lowest BCUT2D eigenvalue weighted by Crippen LogP contribution is -2.38. The van der Waals surface area contributed by atoms with E-state index in [0.29, 0.717) is 23.3 Å². The third-order valence-corrected chi connectivity index (χ3v) is 6.77. The van der Waals surface area contributed by atoms with E-state index in [2.05, 4.69) is 22.9 Å². The van der Waals surface area contributed by atoms with Gasteiger partial charge in [-0.05, 0) is 44.7 Å². The van der Waals surface area contributed by atoms with Crippen molar-refractivity contribution in [1.29, 1.82) is 0 Å². The van der Waals surface area contributed by atoms with Crippen LogP contribution in [0.5, 0.6) is 0 Å². The highest BCUT2D eigenvalue weighted by Gasteiger charge is 2.25. The third-order valence-electron chi connectivity index (χ3n) is 6.77. The van der Waals surface area contributed by atoms with Crippen molar-refractivity contribution in [3.05, 3.63) is 36.0 Å². The van der Waals surface area contributed by atoms with Gasteiger partial charge in [-0.3, -0.25) is 0 Å². The largest absolute Gasteiger partial charge is 0.381 e. The molecule has 2 fully saturated rings. The van der Waals surface area contributed by atoms with Crippen LogP contribution < -0.4 is 9.80 Å². The molecule has 9 nitrogen and oxygen atoms in total. The summed E-state index contributed by atoms with van der Waals surface area (Å²) < 4.78 is 7.45. The fourth-order valence-electron chi connectivity index (χ4n) is 4.86. The van der Waals surface area contributed by atoms with E-state index >= 15 is 0 Å². The summed E-state index contributed by atoms with van der Waals surface area (Å²) in [6.45, 7) is 5.59. The quantitative estimate of drug-likeness (QED) is 0.474. The first-order valence-electron chi connectivity index (χ1n) is 11.7. The van der Waals surface area contributed by atoms with Crippen molar-refractivity contribution in [1.82, 2.24) is 29.5 Å². The van der Waals surface area contributed by atoms with Gasteiger partial charge in [-0.2, -0.15) is 14.5 Å². The van der Waals surface area contributed by atoms with Gasteiger partial charge in [-0.1, -0.05) is 12.1 Å². The molecule has 0 bridgehead atoms. The zero-order valence-electron chi connectivity index (χ0n) is 19.1. The molecular formula is C24H28N8O. The lowest BCUT2D eigenvalue weighted by atomic mass is 10.1. The van der Waals surface area contributed by atoms with E-state index in [4.69, 9.17) is 29.8 Å². The van der Waals surface area contributed by atoms with Gasteiger partial charge in [0.15, 0.2) is 0 Å². The normalized spacial score (nSPS) is 17.3. The van der Waals surface area contributed by atoms with E-state index in [1.54, 1.807) is 0 Å². The molecule has 0 N–H and O–H groups in total. The molecular weight excluding hydrogens is 416 g/mol. The first-order chi connectivity index (χ1) is 16.2. The number of hydrogen-bond acceptors (Lipinski definition) is 8. The number of para-hydroxylation sites is 2. The van der Waals surface area contributed by atoms with Crippen LogP contribution in [0.1, 0.15) is 31.4 Å². The number of benzene rings is 1. The van der Waals surface area contributed by atoms with Crippen molar-refractivity contribution in [2.45, 2.75) is 38.6 Å². The lowest BCUT2D eigenvalue weighted by molar-refractivity contribution is 0.0853. The number of aryl methyl sites for hydroxylation is 1. The molecule has 0 aliphatic carbocycles. The summed E-state index contributed by atoms with van der Waals surface area (Å²) in [7, 11) is 2.14. The molecule has 0 radical (unpaired) electrons. The number of fused-ring (bicyclic) bond motifs is 2. The van der Waals surface area contributed by atoms with Crippen LogP contribution in [0.25, 0.3) is 28.3 Å². The molecule has 0 spiro atoms. The van der Waals surface area contributed by atoms with Crippen molar-refractivity contribution in [3.8, 4) is 11.5 Å². The summed E-state index contributed by atoms with van der Waals surface area (Å²) in [4.78, 5) is 24.0. The molecule has 0 unspecified atom stereocenters. The second-order valence-electron chi connectivity index (χ2n) is 8.91. The summed E-state index contributed by atoms with van der Waals surface area (Å²) >= 11 is 0.